The molecule has 2 rings (SSSR count). The van der Waals surface area contributed by atoms with Gasteiger partial charge in [-0.3, -0.25) is 9.67 Å². The molecule has 102 valence electrons. The molecule has 1 atom stereocenters. The Morgan fingerprint density at radius 2 is 2.05 bits per heavy atom. The van der Waals surface area contributed by atoms with Crippen molar-refractivity contribution in [2.45, 2.75) is 45.8 Å². The lowest BCUT2D eigenvalue weighted by molar-refractivity contribution is 0.177. The SMILES string of the molecule is CCc1ccc(CC(O)c2cnn(C(C)C)c2)nc1. The van der Waals surface area contributed by atoms with Gasteiger partial charge in [0.2, 0.25) is 0 Å². The van der Waals surface area contributed by atoms with Crippen molar-refractivity contribution in [1.29, 1.82) is 0 Å². The van der Waals surface area contributed by atoms with Crippen LogP contribution >= 0.6 is 0 Å². The minimum absolute atomic E-state index is 0.308. The highest BCUT2D eigenvalue weighted by Gasteiger charge is 2.12. The van der Waals surface area contributed by atoms with Gasteiger partial charge in [0.1, 0.15) is 0 Å². The molecule has 0 aromatic carbocycles. The highest BCUT2D eigenvalue weighted by molar-refractivity contribution is 5.17. The summed E-state index contributed by atoms with van der Waals surface area (Å²) in [4.78, 5) is 4.37. The lowest BCUT2D eigenvalue weighted by atomic mass is 10.1. The molecule has 4 nitrogen and oxygen atoms in total. The Bertz CT molecular complexity index is 516. The molecule has 1 N–H and O–H groups in total. The summed E-state index contributed by atoms with van der Waals surface area (Å²) in [6, 6.07) is 4.35. The third-order valence-corrected chi connectivity index (χ3v) is 3.23. The van der Waals surface area contributed by atoms with Gasteiger partial charge in [-0.1, -0.05) is 13.0 Å². The molecule has 0 radical (unpaired) electrons. The van der Waals surface area contributed by atoms with E-state index in [-0.39, 0.29) is 0 Å². The van der Waals surface area contributed by atoms with E-state index in [4.69, 9.17) is 0 Å². The molecule has 0 amide bonds. The number of rotatable bonds is 5. The lowest BCUT2D eigenvalue weighted by Crippen LogP contribution is -2.04. The summed E-state index contributed by atoms with van der Waals surface area (Å²) < 4.78 is 1.85. The van der Waals surface area contributed by atoms with E-state index in [1.165, 1.54) is 5.56 Å². The molecule has 2 heterocycles. The van der Waals surface area contributed by atoms with Crippen LogP contribution in [0.2, 0.25) is 0 Å². The van der Waals surface area contributed by atoms with Crippen molar-refractivity contribution in [1.82, 2.24) is 14.8 Å². The molecule has 0 spiro atoms. The minimum atomic E-state index is -0.549. The van der Waals surface area contributed by atoms with Crippen molar-refractivity contribution in [3.05, 3.63) is 47.5 Å². The van der Waals surface area contributed by atoms with Gasteiger partial charge in [-0.25, -0.2) is 0 Å². The molecule has 0 saturated carbocycles. The van der Waals surface area contributed by atoms with Crippen LogP contribution in [-0.4, -0.2) is 19.9 Å². The van der Waals surface area contributed by atoms with Gasteiger partial charge in [0, 0.05) is 36.1 Å². The number of aliphatic hydroxyl groups is 1. The van der Waals surface area contributed by atoms with Crippen LogP contribution in [0.1, 0.15) is 49.7 Å². The monoisotopic (exact) mass is 259 g/mol. The summed E-state index contributed by atoms with van der Waals surface area (Å²) in [6.07, 6.45) is 6.46. The number of hydrogen-bond donors (Lipinski definition) is 1. The molecule has 0 aliphatic carbocycles. The number of aryl methyl sites for hydroxylation is 1. The van der Waals surface area contributed by atoms with Gasteiger partial charge in [-0.15, -0.1) is 0 Å². The van der Waals surface area contributed by atoms with E-state index >= 15 is 0 Å². The topological polar surface area (TPSA) is 50.9 Å². The van der Waals surface area contributed by atoms with Crippen LogP contribution in [-0.2, 0) is 12.8 Å². The van der Waals surface area contributed by atoms with Crippen molar-refractivity contribution >= 4 is 0 Å². The Morgan fingerprint density at radius 3 is 2.58 bits per heavy atom. The summed E-state index contributed by atoms with van der Waals surface area (Å²) in [5.74, 6) is 0. The number of pyridine rings is 1. The maximum atomic E-state index is 10.2. The van der Waals surface area contributed by atoms with Crippen LogP contribution < -0.4 is 0 Å². The Morgan fingerprint density at radius 1 is 1.26 bits per heavy atom. The Balaban J connectivity index is 2.04. The van der Waals surface area contributed by atoms with E-state index in [1.807, 2.05) is 23.1 Å². The van der Waals surface area contributed by atoms with Crippen molar-refractivity contribution < 1.29 is 5.11 Å². The quantitative estimate of drug-likeness (QED) is 0.898. The van der Waals surface area contributed by atoms with E-state index in [0.717, 1.165) is 17.7 Å². The van der Waals surface area contributed by atoms with Gasteiger partial charge in [-0.05, 0) is 31.9 Å². The fourth-order valence-corrected chi connectivity index (χ4v) is 1.91. The van der Waals surface area contributed by atoms with Gasteiger partial charge in [0.25, 0.3) is 0 Å². The van der Waals surface area contributed by atoms with E-state index in [0.29, 0.717) is 12.5 Å². The normalized spacial score (nSPS) is 12.9. The van der Waals surface area contributed by atoms with Crippen LogP contribution in [0.4, 0.5) is 0 Å². The summed E-state index contributed by atoms with van der Waals surface area (Å²) in [6.45, 7) is 6.23. The smallest absolute Gasteiger partial charge is 0.0875 e. The predicted octanol–water partition coefficient (Wildman–Crippen LogP) is 2.70. The molecule has 19 heavy (non-hydrogen) atoms. The second-order valence-corrected chi connectivity index (χ2v) is 5.08. The van der Waals surface area contributed by atoms with E-state index in [9.17, 15) is 5.11 Å². The summed E-state index contributed by atoms with van der Waals surface area (Å²) in [7, 11) is 0. The summed E-state index contributed by atoms with van der Waals surface area (Å²) in [5.41, 5.74) is 2.96. The van der Waals surface area contributed by atoms with Gasteiger partial charge < -0.3 is 5.11 Å². The molecule has 0 aliphatic heterocycles. The molecular formula is C15H21N3O. The number of aromatic nitrogens is 3. The first kappa shape index (κ1) is 13.7. The minimum Gasteiger partial charge on any atom is -0.388 e. The lowest BCUT2D eigenvalue weighted by Gasteiger charge is -2.08. The predicted molar refractivity (Wildman–Crippen MR) is 74.9 cm³/mol. The van der Waals surface area contributed by atoms with Crippen molar-refractivity contribution in [2.75, 3.05) is 0 Å². The second kappa shape index (κ2) is 5.97. The Labute approximate surface area is 114 Å². The first-order valence-corrected chi connectivity index (χ1v) is 6.76. The Hall–Kier alpha value is -1.68. The zero-order chi connectivity index (χ0) is 13.8. The second-order valence-electron chi connectivity index (χ2n) is 5.08. The summed E-state index contributed by atoms with van der Waals surface area (Å²) in [5, 5.41) is 14.4. The number of nitrogens with zero attached hydrogens (tertiary/aromatic N) is 3. The van der Waals surface area contributed by atoms with E-state index < -0.39 is 6.10 Å². The van der Waals surface area contributed by atoms with Crippen LogP contribution in [0.25, 0.3) is 0 Å². The van der Waals surface area contributed by atoms with Crippen molar-refractivity contribution in [2.24, 2.45) is 0 Å². The van der Waals surface area contributed by atoms with Gasteiger partial charge in [0.05, 0.1) is 12.3 Å². The van der Waals surface area contributed by atoms with Crippen molar-refractivity contribution in [3.8, 4) is 0 Å². The maximum absolute atomic E-state index is 10.2. The zero-order valence-electron chi connectivity index (χ0n) is 11.7. The fourth-order valence-electron chi connectivity index (χ4n) is 1.91. The average Bonchev–Trinajstić information content (AvgIpc) is 2.89. The van der Waals surface area contributed by atoms with Crippen LogP contribution in [0.3, 0.4) is 0 Å². The standard InChI is InChI=1S/C15H21N3O/c1-4-12-5-6-14(16-8-12)7-15(19)13-9-17-18(10-13)11(2)3/h5-6,8-11,15,19H,4,7H2,1-3H3. The molecule has 0 fully saturated rings. The van der Waals surface area contributed by atoms with Crippen molar-refractivity contribution in [3.63, 3.8) is 0 Å². The zero-order valence-corrected chi connectivity index (χ0v) is 11.7. The Kier molecular flexibility index (Phi) is 4.32. The molecule has 4 heteroatoms. The van der Waals surface area contributed by atoms with E-state index in [2.05, 4.69) is 36.9 Å². The third-order valence-electron chi connectivity index (χ3n) is 3.23. The average molecular weight is 259 g/mol. The molecule has 0 aliphatic rings. The van der Waals surface area contributed by atoms with E-state index in [1.54, 1.807) is 6.20 Å². The first-order chi connectivity index (χ1) is 9.10. The highest BCUT2D eigenvalue weighted by atomic mass is 16.3. The first-order valence-electron chi connectivity index (χ1n) is 6.76. The number of aliphatic hydroxyl groups excluding tert-OH is 1. The molecule has 0 saturated heterocycles. The maximum Gasteiger partial charge on any atom is 0.0875 e. The van der Waals surface area contributed by atoms with Gasteiger partial charge in [-0.2, -0.15) is 5.10 Å². The highest BCUT2D eigenvalue weighted by Crippen LogP contribution is 2.18. The largest absolute Gasteiger partial charge is 0.388 e. The molecule has 2 aromatic heterocycles. The summed E-state index contributed by atoms with van der Waals surface area (Å²) >= 11 is 0. The molecule has 0 bridgehead atoms. The van der Waals surface area contributed by atoms with Gasteiger partial charge in [0.15, 0.2) is 0 Å². The van der Waals surface area contributed by atoms with Crippen LogP contribution in [0, 0.1) is 0 Å². The van der Waals surface area contributed by atoms with Crippen LogP contribution in [0.5, 0.6) is 0 Å². The van der Waals surface area contributed by atoms with Gasteiger partial charge >= 0.3 is 0 Å². The molecule has 1 unspecified atom stereocenters. The van der Waals surface area contributed by atoms with Crippen LogP contribution in [0.15, 0.2) is 30.7 Å². The fraction of sp³-hybridized carbons (Fsp3) is 0.467. The molecular weight excluding hydrogens is 238 g/mol. The number of hydrogen-bond acceptors (Lipinski definition) is 3. The third kappa shape index (κ3) is 3.41. The molecule has 2 aromatic rings.